The van der Waals surface area contributed by atoms with E-state index >= 15 is 4.39 Å². The van der Waals surface area contributed by atoms with E-state index in [-0.39, 0.29) is 42.7 Å². The summed E-state index contributed by atoms with van der Waals surface area (Å²) in [5.74, 6) is -3.21. The molecule has 1 aromatic carbocycles. The van der Waals surface area contributed by atoms with Crippen LogP contribution in [0, 0.1) is 11.7 Å². The number of hydrogen-bond acceptors (Lipinski definition) is 6. The van der Waals surface area contributed by atoms with E-state index in [9.17, 15) is 23.2 Å². The number of halogens is 3. The number of rotatable bonds is 9. The highest BCUT2D eigenvalue weighted by Crippen LogP contribution is 2.33. The van der Waals surface area contributed by atoms with Crippen molar-refractivity contribution in [3.05, 3.63) is 41.2 Å². The van der Waals surface area contributed by atoms with Gasteiger partial charge in [0.05, 0.1) is 11.7 Å². The quantitative estimate of drug-likeness (QED) is 0.423. The first-order chi connectivity index (χ1) is 18.9. The highest BCUT2D eigenvalue weighted by molar-refractivity contribution is 5.95. The second-order valence-corrected chi connectivity index (χ2v) is 10.9. The van der Waals surface area contributed by atoms with Gasteiger partial charge in [-0.1, -0.05) is 13.0 Å². The zero-order valence-corrected chi connectivity index (χ0v) is 23.5. The van der Waals surface area contributed by atoms with E-state index in [2.05, 4.69) is 15.5 Å². The van der Waals surface area contributed by atoms with E-state index in [1.165, 1.54) is 19.2 Å². The monoisotopic (exact) mass is 567 g/mol. The summed E-state index contributed by atoms with van der Waals surface area (Å²) < 4.78 is 46.2. The molecule has 3 amide bonds. The number of allylic oxidation sites excluding steroid dienone is 1. The third-order valence-corrected chi connectivity index (χ3v) is 8.05. The number of nitrogens with zero attached hydrogens (tertiary/aromatic N) is 2. The largest absolute Gasteiger partial charge is 0.375 e. The van der Waals surface area contributed by atoms with Crippen LogP contribution in [-0.4, -0.2) is 86.0 Å². The lowest BCUT2D eigenvalue weighted by Gasteiger charge is -2.40. The average molecular weight is 568 g/mol. The van der Waals surface area contributed by atoms with Gasteiger partial charge < -0.3 is 30.9 Å². The van der Waals surface area contributed by atoms with Crippen LogP contribution in [0.5, 0.6) is 0 Å². The van der Waals surface area contributed by atoms with Crippen LogP contribution in [0.15, 0.2) is 29.9 Å². The van der Waals surface area contributed by atoms with Gasteiger partial charge in [0.2, 0.25) is 17.7 Å². The normalized spacial score (nSPS) is 22.3. The van der Waals surface area contributed by atoms with Crippen molar-refractivity contribution in [3.8, 4) is 0 Å². The number of hydrogen-bond donors (Lipinski definition) is 3. The number of anilines is 1. The molecule has 2 aliphatic rings. The molecule has 1 aromatic rings. The standard InChI is InChI=1S/C28H40F3N5O4/c1-16-14-36(11-10-35(16)3)28(39)25(34-23(37)15-40-4)17(2)18-8-9-22(21(29)13-18)33-27(38)24(32)19-6-5-7-20(12-19)26(30)31/h8-9,13,16-17,19,24-25H,5-7,10-12,14-15,32H2,1-4H3,(H,33,38)(H,34,37)/t16-,17+,19?,24?,25-/m1/s1. The zero-order chi connectivity index (χ0) is 29.6. The highest BCUT2D eigenvalue weighted by atomic mass is 19.3. The van der Waals surface area contributed by atoms with Gasteiger partial charge in [0.25, 0.3) is 6.08 Å². The van der Waals surface area contributed by atoms with E-state index < -0.39 is 47.6 Å². The molecule has 1 saturated carbocycles. The van der Waals surface area contributed by atoms with Gasteiger partial charge in [0.1, 0.15) is 18.5 Å². The number of amides is 3. The van der Waals surface area contributed by atoms with Gasteiger partial charge in [-0.15, -0.1) is 0 Å². The molecule has 3 rings (SSSR count). The Kier molecular flexibility index (Phi) is 11.1. The van der Waals surface area contributed by atoms with Gasteiger partial charge in [-0.25, -0.2) is 4.39 Å². The Balaban J connectivity index is 1.74. The fourth-order valence-corrected chi connectivity index (χ4v) is 5.31. The molecule has 0 aromatic heterocycles. The molecule has 12 heteroatoms. The van der Waals surface area contributed by atoms with Gasteiger partial charge in [0, 0.05) is 38.7 Å². The predicted octanol–water partition coefficient (Wildman–Crippen LogP) is 2.83. The zero-order valence-electron chi connectivity index (χ0n) is 23.5. The molecule has 5 atom stereocenters. The molecule has 1 heterocycles. The second-order valence-electron chi connectivity index (χ2n) is 10.9. The predicted molar refractivity (Wildman–Crippen MR) is 145 cm³/mol. The number of ether oxygens (including phenoxy) is 1. The van der Waals surface area contributed by atoms with Gasteiger partial charge in [-0.05, 0) is 68.8 Å². The number of carbonyl (C=O) groups is 3. The molecule has 2 fully saturated rings. The molecule has 4 N–H and O–H groups in total. The lowest BCUT2D eigenvalue weighted by molar-refractivity contribution is -0.140. The summed E-state index contributed by atoms with van der Waals surface area (Å²) >= 11 is 0. The lowest BCUT2D eigenvalue weighted by Crippen LogP contribution is -2.58. The minimum atomic E-state index is -1.73. The number of likely N-dealkylation sites (N-methyl/N-ethyl adjacent to an activating group) is 1. The number of methoxy groups -OCH3 is 1. The summed E-state index contributed by atoms with van der Waals surface area (Å²) in [7, 11) is 3.36. The molecule has 1 aliphatic heterocycles. The van der Waals surface area contributed by atoms with Gasteiger partial charge in [0.15, 0.2) is 0 Å². The minimum Gasteiger partial charge on any atom is -0.375 e. The van der Waals surface area contributed by atoms with Crippen molar-refractivity contribution in [2.75, 3.05) is 45.7 Å². The van der Waals surface area contributed by atoms with Crippen molar-refractivity contribution in [1.29, 1.82) is 0 Å². The molecular weight excluding hydrogens is 527 g/mol. The maximum Gasteiger partial charge on any atom is 0.269 e. The number of carbonyl (C=O) groups excluding carboxylic acids is 3. The van der Waals surface area contributed by atoms with E-state index in [0.717, 1.165) is 0 Å². The fourth-order valence-electron chi connectivity index (χ4n) is 5.31. The molecule has 2 unspecified atom stereocenters. The van der Waals surface area contributed by atoms with Crippen molar-refractivity contribution in [2.45, 2.75) is 63.6 Å². The smallest absolute Gasteiger partial charge is 0.269 e. The van der Waals surface area contributed by atoms with Crippen molar-refractivity contribution in [2.24, 2.45) is 11.7 Å². The van der Waals surface area contributed by atoms with Crippen LogP contribution >= 0.6 is 0 Å². The lowest BCUT2D eigenvalue weighted by atomic mass is 9.81. The number of benzene rings is 1. The van der Waals surface area contributed by atoms with Crippen LogP contribution in [-0.2, 0) is 19.1 Å². The molecule has 0 spiro atoms. The average Bonchev–Trinajstić information content (AvgIpc) is 2.93. The Morgan fingerprint density at radius 3 is 2.58 bits per heavy atom. The molecule has 9 nitrogen and oxygen atoms in total. The van der Waals surface area contributed by atoms with Gasteiger partial charge in [-0.3, -0.25) is 14.4 Å². The van der Waals surface area contributed by atoms with Crippen molar-refractivity contribution in [3.63, 3.8) is 0 Å². The summed E-state index contributed by atoms with van der Waals surface area (Å²) in [4.78, 5) is 42.5. The van der Waals surface area contributed by atoms with Crippen molar-refractivity contribution >= 4 is 23.4 Å². The molecule has 1 aliphatic carbocycles. The van der Waals surface area contributed by atoms with Crippen LogP contribution in [0.3, 0.4) is 0 Å². The Bertz CT molecular complexity index is 1110. The molecular formula is C28H40F3N5O4. The van der Waals surface area contributed by atoms with E-state index in [4.69, 9.17) is 10.5 Å². The Labute approximate surface area is 233 Å². The first-order valence-corrected chi connectivity index (χ1v) is 13.6. The Morgan fingerprint density at radius 2 is 1.95 bits per heavy atom. The summed E-state index contributed by atoms with van der Waals surface area (Å²) in [5.41, 5.74) is 6.41. The third kappa shape index (κ3) is 7.82. The summed E-state index contributed by atoms with van der Waals surface area (Å²) in [5, 5.41) is 5.20. The Morgan fingerprint density at radius 1 is 1.23 bits per heavy atom. The summed E-state index contributed by atoms with van der Waals surface area (Å²) in [6.07, 6.45) is -0.379. The fraction of sp³-hybridized carbons (Fsp3) is 0.607. The first kappa shape index (κ1) is 31.6. The van der Waals surface area contributed by atoms with Gasteiger partial charge >= 0.3 is 0 Å². The molecule has 40 heavy (non-hydrogen) atoms. The SMILES string of the molecule is COCC(=O)N[C@@H](C(=O)N1CCN(C)[C@H](C)C1)[C@@H](C)c1ccc(NC(=O)C(N)C2CCCC(=C(F)F)C2)c(F)c1. The van der Waals surface area contributed by atoms with Crippen molar-refractivity contribution < 1.29 is 32.3 Å². The minimum absolute atomic E-state index is 0.0109. The van der Waals surface area contributed by atoms with Crippen LogP contribution < -0.4 is 16.4 Å². The van der Waals surface area contributed by atoms with Gasteiger partial charge in [-0.2, -0.15) is 8.78 Å². The molecule has 0 radical (unpaired) electrons. The molecule has 0 bridgehead atoms. The summed E-state index contributed by atoms with van der Waals surface area (Å²) in [6.45, 7) is 5.18. The number of nitrogens with two attached hydrogens (primary N) is 1. The van der Waals surface area contributed by atoms with Crippen LogP contribution in [0.25, 0.3) is 0 Å². The Hall–Kier alpha value is -2.96. The van der Waals surface area contributed by atoms with E-state index in [1.807, 2.05) is 14.0 Å². The number of nitrogens with one attached hydrogen (secondary N) is 2. The van der Waals surface area contributed by atoms with Crippen LogP contribution in [0.2, 0.25) is 0 Å². The maximum absolute atomic E-state index is 15.2. The number of piperazine rings is 1. The highest BCUT2D eigenvalue weighted by Gasteiger charge is 2.35. The van der Waals surface area contributed by atoms with E-state index in [0.29, 0.717) is 38.0 Å². The van der Waals surface area contributed by atoms with Crippen molar-refractivity contribution in [1.82, 2.24) is 15.1 Å². The topological polar surface area (TPSA) is 117 Å². The molecule has 222 valence electrons. The summed E-state index contributed by atoms with van der Waals surface area (Å²) in [6, 6.07) is 2.26. The third-order valence-electron chi connectivity index (χ3n) is 8.05. The van der Waals surface area contributed by atoms with Crippen LogP contribution in [0.4, 0.5) is 18.9 Å². The van der Waals surface area contributed by atoms with Crippen LogP contribution in [0.1, 0.15) is 51.0 Å². The first-order valence-electron chi connectivity index (χ1n) is 13.6. The second kappa shape index (κ2) is 14.1. The maximum atomic E-state index is 15.2. The molecule has 1 saturated heterocycles. The van der Waals surface area contributed by atoms with E-state index in [1.54, 1.807) is 17.9 Å².